The second-order valence-corrected chi connectivity index (χ2v) is 12.1. The Kier molecular flexibility index (Phi) is 8.98. The minimum absolute atomic E-state index is 0.0658. The molecule has 0 bridgehead atoms. The average molecular weight is 601 g/mol. The molecule has 2 heterocycles. The maximum absolute atomic E-state index is 15.5. The number of nitrogens with one attached hydrogen (secondary N) is 2. The van der Waals surface area contributed by atoms with Crippen molar-refractivity contribution in [1.82, 2.24) is 9.55 Å². The third-order valence-corrected chi connectivity index (χ3v) is 7.57. The van der Waals surface area contributed by atoms with Crippen molar-refractivity contribution in [3.05, 3.63) is 82.5 Å². The summed E-state index contributed by atoms with van der Waals surface area (Å²) in [6, 6.07) is 14.9. The van der Waals surface area contributed by atoms with Crippen molar-refractivity contribution in [3.63, 3.8) is 0 Å². The molecule has 0 saturated heterocycles. The molecular weight excluding hydrogens is 563 g/mol. The molecule has 2 N–H and O–H groups in total. The zero-order chi connectivity index (χ0) is 31.4. The van der Waals surface area contributed by atoms with Gasteiger partial charge in [-0.3, -0.25) is 14.9 Å². The summed E-state index contributed by atoms with van der Waals surface area (Å²) in [6.45, 7) is 5.46. The van der Waals surface area contributed by atoms with E-state index in [9.17, 15) is 14.4 Å². The number of hydrogen-bond donors (Lipinski definition) is 2. The lowest BCUT2D eigenvalue weighted by molar-refractivity contribution is -0.120. The number of hydrogen-bond acceptors (Lipinski definition) is 6. The number of halogens is 1. The van der Waals surface area contributed by atoms with E-state index in [1.54, 1.807) is 46.2 Å². The first-order valence-corrected chi connectivity index (χ1v) is 14.8. The van der Waals surface area contributed by atoms with Crippen LogP contribution in [0, 0.1) is 11.7 Å². The van der Waals surface area contributed by atoms with E-state index in [0.717, 1.165) is 37.7 Å². The van der Waals surface area contributed by atoms with Crippen LogP contribution in [0.4, 0.5) is 20.6 Å². The van der Waals surface area contributed by atoms with Crippen LogP contribution in [0.2, 0.25) is 0 Å². The summed E-state index contributed by atoms with van der Waals surface area (Å²) < 4.78 is 27.7. The van der Waals surface area contributed by atoms with Crippen LogP contribution in [0.3, 0.4) is 0 Å². The van der Waals surface area contributed by atoms with Crippen molar-refractivity contribution in [2.45, 2.75) is 65.0 Å². The molecule has 0 spiro atoms. The van der Waals surface area contributed by atoms with Crippen LogP contribution in [0.1, 0.15) is 58.4 Å². The van der Waals surface area contributed by atoms with Crippen LogP contribution < -0.4 is 20.9 Å². The highest BCUT2D eigenvalue weighted by Crippen LogP contribution is 2.31. The monoisotopic (exact) mass is 600 g/mol. The number of rotatable bonds is 7. The van der Waals surface area contributed by atoms with Crippen molar-refractivity contribution in [2.75, 3.05) is 17.7 Å². The van der Waals surface area contributed by atoms with Crippen LogP contribution in [0.15, 0.2) is 65.6 Å². The van der Waals surface area contributed by atoms with Crippen molar-refractivity contribution in [2.24, 2.45) is 5.92 Å². The SMILES string of the molecule is COc1ccc(Cn2ccc3nc(-c4ccc(NC(=O)C5CCCCC5)cc4F)cc(NC(=O)OC(C)(C)C)c3c2=O)cc1. The number of benzene rings is 2. The lowest BCUT2D eigenvalue weighted by Gasteiger charge is -2.21. The Morgan fingerprint density at radius 1 is 1.00 bits per heavy atom. The second kappa shape index (κ2) is 12.9. The van der Waals surface area contributed by atoms with E-state index in [1.165, 1.54) is 22.8 Å². The Morgan fingerprint density at radius 2 is 1.73 bits per heavy atom. The van der Waals surface area contributed by atoms with Crippen LogP contribution >= 0.6 is 0 Å². The van der Waals surface area contributed by atoms with Gasteiger partial charge in [-0.25, -0.2) is 14.2 Å². The van der Waals surface area contributed by atoms with Gasteiger partial charge >= 0.3 is 6.09 Å². The number of carbonyl (C=O) groups excluding carboxylic acids is 2. The van der Waals surface area contributed by atoms with Crippen LogP contribution in [-0.4, -0.2) is 34.3 Å². The van der Waals surface area contributed by atoms with E-state index in [-0.39, 0.29) is 51.8 Å². The van der Waals surface area contributed by atoms with Crippen LogP contribution in [0.5, 0.6) is 5.75 Å². The molecular formula is C34H37FN4O5. The zero-order valence-electron chi connectivity index (χ0n) is 25.4. The van der Waals surface area contributed by atoms with Gasteiger partial charge in [-0.1, -0.05) is 31.4 Å². The van der Waals surface area contributed by atoms with Gasteiger partial charge in [0.05, 0.1) is 35.9 Å². The summed E-state index contributed by atoms with van der Waals surface area (Å²) in [4.78, 5) is 43.8. The predicted octanol–water partition coefficient (Wildman–Crippen LogP) is 7.13. The zero-order valence-corrected chi connectivity index (χ0v) is 25.4. The quantitative estimate of drug-likeness (QED) is 0.234. The summed E-state index contributed by atoms with van der Waals surface area (Å²) in [6.07, 6.45) is 5.69. The largest absolute Gasteiger partial charge is 0.497 e. The fourth-order valence-electron chi connectivity index (χ4n) is 5.39. The Balaban J connectivity index is 1.50. The molecule has 230 valence electrons. The molecule has 44 heavy (non-hydrogen) atoms. The predicted molar refractivity (Wildman–Crippen MR) is 169 cm³/mol. The Bertz CT molecular complexity index is 1740. The first-order valence-electron chi connectivity index (χ1n) is 14.8. The van der Waals surface area contributed by atoms with E-state index in [2.05, 4.69) is 15.6 Å². The molecule has 4 aromatic rings. The molecule has 0 atom stereocenters. The fourth-order valence-corrected chi connectivity index (χ4v) is 5.39. The fraction of sp³-hybridized carbons (Fsp3) is 0.353. The van der Waals surface area contributed by atoms with E-state index < -0.39 is 17.5 Å². The molecule has 2 amide bonds. The van der Waals surface area contributed by atoms with Gasteiger partial charge in [-0.15, -0.1) is 0 Å². The van der Waals surface area contributed by atoms with Crippen molar-refractivity contribution < 1.29 is 23.5 Å². The standard InChI is InChI=1S/C34H37FN4O5/c1-34(2,3)44-33(42)38-29-19-28(25-15-12-23(18-26(25)35)36-31(40)22-8-6-5-7-9-22)37-27-16-17-39(32(41)30(27)29)20-21-10-13-24(43-4)14-11-21/h10-19,22H,5-9,20H2,1-4H3,(H,36,40)(H,37,38,42). The van der Waals surface area contributed by atoms with Crippen molar-refractivity contribution >= 4 is 34.3 Å². The maximum atomic E-state index is 15.5. The number of ether oxygens (including phenoxy) is 2. The number of aromatic nitrogens is 2. The third kappa shape index (κ3) is 7.24. The second-order valence-electron chi connectivity index (χ2n) is 12.1. The first-order chi connectivity index (χ1) is 21.0. The highest BCUT2D eigenvalue weighted by atomic mass is 19.1. The molecule has 5 rings (SSSR count). The number of carbonyl (C=O) groups is 2. The van der Waals surface area contributed by atoms with Gasteiger partial charge in [0.15, 0.2) is 0 Å². The summed E-state index contributed by atoms with van der Waals surface area (Å²) in [5.41, 5.74) is 0.836. The van der Waals surface area contributed by atoms with Gasteiger partial charge in [0.2, 0.25) is 5.91 Å². The maximum Gasteiger partial charge on any atom is 0.412 e. The minimum atomic E-state index is -0.783. The molecule has 1 aliphatic rings. The number of pyridine rings is 2. The minimum Gasteiger partial charge on any atom is -0.497 e. The van der Waals surface area contributed by atoms with E-state index in [4.69, 9.17) is 9.47 Å². The van der Waals surface area contributed by atoms with Crippen LogP contribution in [-0.2, 0) is 16.1 Å². The highest BCUT2D eigenvalue weighted by molar-refractivity contribution is 6.00. The molecule has 1 fully saturated rings. The summed E-state index contributed by atoms with van der Waals surface area (Å²) in [5.74, 6) is -0.0687. The molecule has 0 aliphatic heterocycles. The van der Waals surface area contributed by atoms with Gasteiger partial charge in [-0.2, -0.15) is 0 Å². The van der Waals surface area contributed by atoms with Gasteiger partial charge in [0, 0.05) is 23.4 Å². The van der Waals surface area contributed by atoms with E-state index in [0.29, 0.717) is 11.4 Å². The van der Waals surface area contributed by atoms with Gasteiger partial charge in [0.25, 0.3) is 5.56 Å². The molecule has 1 saturated carbocycles. The van der Waals surface area contributed by atoms with E-state index in [1.807, 2.05) is 24.3 Å². The van der Waals surface area contributed by atoms with Crippen molar-refractivity contribution in [3.8, 4) is 17.0 Å². The van der Waals surface area contributed by atoms with Gasteiger partial charge < -0.3 is 19.4 Å². The van der Waals surface area contributed by atoms with Crippen LogP contribution in [0.25, 0.3) is 22.2 Å². The lowest BCUT2D eigenvalue weighted by Crippen LogP contribution is -2.28. The number of amides is 2. The normalized spacial score (nSPS) is 13.8. The molecule has 9 nitrogen and oxygen atoms in total. The molecule has 10 heteroatoms. The van der Waals surface area contributed by atoms with Gasteiger partial charge in [0.1, 0.15) is 17.2 Å². The first kappa shape index (κ1) is 30.7. The van der Waals surface area contributed by atoms with E-state index >= 15 is 4.39 Å². The molecule has 0 radical (unpaired) electrons. The number of fused-ring (bicyclic) bond motifs is 1. The molecule has 2 aromatic carbocycles. The highest BCUT2D eigenvalue weighted by Gasteiger charge is 2.23. The summed E-state index contributed by atoms with van der Waals surface area (Å²) in [7, 11) is 1.58. The Labute approximate surface area is 255 Å². The molecule has 2 aromatic heterocycles. The summed E-state index contributed by atoms with van der Waals surface area (Å²) >= 11 is 0. The topological polar surface area (TPSA) is 112 Å². The van der Waals surface area contributed by atoms with Crippen molar-refractivity contribution in [1.29, 1.82) is 0 Å². The smallest absolute Gasteiger partial charge is 0.412 e. The average Bonchev–Trinajstić information content (AvgIpc) is 2.98. The number of nitrogens with zero attached hydrogens (tertiary/aromatic N) is 2. The number of methoxy groups -OCH3 is 1. The molecule has 1 aliphatic carbocycles. The van der Waals surface area contributed by atoms with Gasteiger partial charge in [-0.05, 0) is 81.6 Å². The Hall–Kier alpha value is -4.73. The summed E-state index contributed by atoms with van der Waals surface area (Å²) in [5, 5.41) is 5.68. The Morgan fingerprint density at radius 3 is 2.39 bits per heavy atom. The lowest BCUT2D eigenvalue weighted by atomic mass is 9.88. The third-order valence-electron chi connectivity index (χ3n) is 7.57. The number of anilines is 2. The molecule has 0 unspecified atom stereocenters.